The first-order valence-electron chi connectivity index (χ1n) is 11.8. The highest BCUT2D eigenvalue weighted by atomic mass is 32.1. The summed E-state index contributed by atoms with van der Waals surface area (Å²) in [4.78, 5) is 62.3. The number of nitrogens with one attached hydrogen (secondary N) is 2. The SMILES string of the molecule is COC(=O)C(CC(C)S)NC(=O)CN1C(=O)N(Cc2cnc[nH]2)C(=O)C1(C)c1cccc2ccccc12. The summed E-state index contributed by atoms with van der Waals surface area (Å²) in [6.45, 7) is 2.96. The van der Waals surface area contributed by atoms with Crippen molar-refractivity contribution in [1.82, 2.24) is 25.1 Å². The van der Waals surface area contributed by atoms with Gasteiger partial charge in [-0.2, -0.15) is 12.6 Å². The first kappa shape index (κ1) is 26.2. The fourth-order valence-electron chi connectivity index (χ4n) is 4.70. The summed E-state index contributed by atoms with van der Waals surface area (Å²) >= 11 is 4.32. The summed E-state index contributed by atoms with van der Waals surface area (Å²) in [7, 11) is 1.23. The lowest BCUT2D eigenvalue weighted by molar-refractivity contribution is -0.145. The molecule has 3 aromatic rings. The van der Waals surface area contributed by atoms with Gasteiger partial charge in [-0.15, -0.1) is 0 Å². The number of hydrogen-bond donors (Lipinski definition) is 3. The van der Waals surface area contributed by atoms with Crippen molar-refractivity contribution in [3.05, 3.63) is 66.2 Å². The van der Waals surface area contributed by atoms with E-state index in [1.54, 1.807) is 19.9 Å². The minimum Gasteiger partial charge on any atom is -0.467 e. The van der Waals surface area contributed by atoms with Crippen LogP contribution >= 0.6 is 12.6 Å². The van der Waals surface area contributed by atoms with Crippen molar-refractivity contribution < 1.29 is 23.9 Å². The van der Waals surface area contributed by atoms with E-state index in [1.807, 2.05) is 36.4 Å². The molecule has 10 nitrogen and oxygen atoms in total. The number of fused-ring (bicyclic) bond motifs is 1. The Kier molecular flexibility index (Phi) is 7.53. The lowest BCUT2D eigenvalue weighted by Gasteiger charge is -2.33. The molecular formula is C26H29N5O5S. The van der Waals surface area contributed by atoms with Gasteiger partial charge in [0.15, 0.2) is 0 Å². The van der Waals surface area contributed by atoms with Crippen LogP contribution in [0.3, 0.4) is 0 Å². The molecule has 0 bridgehead atoms. The van der Waals surface area contributed by atoms with Gasteiger partial charge in [0.05, 0.1) is 25.7 Å². The summed E-state index contributed by atoms with van der Waals surface area (Å²) in [5, 5.41) is 4.14. The fourth-order valence-corrected chi connectivity index (χ4v) is 4.91. The monoisotopic (exact) mass is 523 g/mol. The number of ether oxygens (including phenoxy) is 1. The molecule has 2 heterocycles. The number of thiol groups is 1. The first-order valence-corrected chi connectivity index (χ1v) is 12.3. The van der Waals surface area contributed by atoms with E-state index in [2.05, 4.69) is 27.9 Å². The number of rotatable bonds is 9. The zero-order valence-corrected chi connectivity index (χ0v) is 21.7. The van der Waals surface area contributed by atoms with Crippen LogP contribution in [0.1, 0.15) is 31.5 Å². The molecule has 2 N–H and O–H groups in total. The summed E-state index contributed by atoms with van der Waals surface area (Å²) in [6, 6.07) is 11.5. The van der Waals surface area contributed by atoms with E-state index >= 15 is 0 Å². The number of carbonyl (C=O) groups is 4. The second-order valence-corrected chi connectivity index (χ2v) is 10.0. The molecule has 0 aliphatic carbocycles. The molecule has 37 heavy (non-hydrogen) atoms. The van der Waals surface area contributed by atoms with Crippen molar-refractivity contribution in [2.75, 3.05) is 13.7 Å². The number of aromatic amines is 1. The van der Waals surface area contributed by atoms with Crippen LogP contribution < -0.4 is 5.32 Å². The maximum atomic E-state index is 13.9. The molecule has 1 saturated heterocycles. The topological polar surface area (TPSA) is 125 Å². The molecule has 4 amide bonds. The number of imidazole rings is 1. The molecule has 3 unspecified atom stereocenters. The number of aromatic nitrogens is 2. The number of methoxy groups -OCH3 is 1. The standard InChI is InChI=1S/C26H29N5O5S/c1-16(37)11-21(23(33)36-3)29-22(32)14-31-25(35)30(13-18-12-27-15-28-18)24(34)26(31,2)20-10-6-8-17-7-4-5-9-19(17)20/h4-10,12,15-16,21,37H,11,13-14H2,1-3H3,(H,27,28)(H,29,32). The molecule has 1 fully saturated rings. The van der Waals surface area contributed by atoms with Gasteiger partial charge in [0, 0.05) is 11.4 Å². The Morgan fingerprint density at radius 1 is 1.19 bits per heavy atom. The molecule has 1 aromatic heterocycles. The summed E-state index contributed by atoms with van der Waals surface area (Å²) in [6.07, 6.45) is 3.23. The Hall–Kier alpha value is -3.86. The summed E-state index contributed by atoms with van der Waals surface area (Å²) < 4.78 is 4.82. The number of nitrogens with zero attached hydrogens (tertiary/aromatic N) is 3. The molecule has 1 aliphatic heterocycles. The van der Waals surface area contributed by atoms with E-state index in [0.717, 1.165) is 15.7 Å². The average Bonchev–Trinajstić information content (AvgIpc) is 3.46. The smallest absolute Gasteiger partial charge is 0.328 e. The van der Waals surface area contributed by atoms with Gasteiger partial charge >= 0.3 is 12.0 Å². The molecule has 1 aliphatic rings. The number of hydrogen-bond acceptors (Lipinski definition) is 7. The van der Waals surface area contributed by atoms with Gasteiger partial charge in [0.2, 0.25) is 5.91 Å². The Morgan fingerprint density at radius 3 is 2.59 bits per heavy atom. The third kappa shape index (κ3) is 5.04. The van der Waals surface area contributed by atoms with Crippen LogP contribution in [-0.4, -0.2) is 68.5 Å². The number of carbonyl (C=O) groups excluding carboxylic acids is 4. The largest absolute Gasteiger partial charge is 0.467 e. The lowest BCUT2D eigenvalue weighted by atomic mass is 9.86. The van der Waals surface area contributed by atoms with Crippen LogP contribution in [-0.2, 0) is 31.2 Å². The zero-order chi connectivity index (χ0) is 26.7. The van der Waals surface area contributed by atoms with E-state index in [0.29, 0.717) is 11.3 Å². The minimum atomic E-state index is -1.48. The van der Waals surface area contributed by atoms with Crippen molar-refractivity contribution in [2.45, 2.75) is 43.6 Å². The van der Waals surface area contributed by atoms with Crippen molar-refractivity contribution >= 4 is 47.2 Å². The number of esters is 1. The van der Waals surface area contributed by atoms with E-state index in [4.69, 9.17) is 4.74 Å². The molecule has 2 aromatic carbocycles. The van der Waals surface area contributed by atoms with Crippen LogP contribution in [0.2, 0.25) is 0 Å². The quantitative estimate of drug-likeness (QED) is 0.225. The second kappa shape index (κ2) is 10.6. The zero-order valence-electron chi connectivity index (χ0n) is 20.8. The Balaban J connectivity index is 1.72. The van der Waals surface area contributed by atoms with Crippen molar-refractivity contribution in [2.24, 2.45) is 0 Å². The average molecular weight is 524 g/mol. The van der Waals surface area contributed by atoms with E-state index in [9.17, 15) is 19.2 Å². The van der Waals surface area contributed by atoms with E-state index < -0.39 is 41.9 Å². The molecular weight excluding hydrogens is 494 g/mol. The predicted octanol–water partition coefficient (Wildman–Crippen LogP) is 2.61. The van der Waals surface area contributed by atoms with Crippen molar-refractivity contribution in [3.8, 4) is 0 Å². The minimum absolute atomic E-state index is 0.0297. The normalized spacial score (nSPS) is 19.2. The van der Waals surface area contributed by atoms with Crippen LogP contribution in [0.15, 0.2) is 55.0 Å². The molecule has 0 saturated carbocycles. The van der Waals surface area contributed by atoms with Crippen LogP contribution in [0.5, 0.6) is 0 Å². The van der Waals surface area contributed by atoms with Crippen LogP contribution in [0.4, 0.5) is 4.79 Å². The second-order valence-electron chi connectivity index (χ2n) is 9.16. The molecule has 3 atom stereocenters. The first-order chi connectivity index (χ1) is 17.7. The summed E-state index contributed by atoms with van der Waals surface area (Å²) in [5.74, 6) is -1.68. The van der Waals surface area contributed by atoms with E-state index in [1.165, 1.54) is 24.5 Å². The number of amides is 4. The van der Waals surface area contributed by atoms with Crippen LogP contribution in [0.25, 0.3) is 10.8 Å². The Labute approximate surface area is 219 Å². The predicted molar refractivity (Wildman–Crippen MR) is 140 cm³/mol. The van der Waals surface area contributed by atoms with Gasteiger partial charge in [-0.3, -0.25) is 19.4 Å². The van der Waals surface area contributed by atoms with Crippen molar-refractivity contribution in [1.29, 1.82) is 0 Å². The fraction of sp³-hybridized carbons (Fsp3) is 0.346. The van der Waals surface area contributed by atoms with Crippen molar-refractivity contribution in [3.63, 3.8) is 0 Å². The van der Waals surface area contributed by atoms with Gasteiger partial charge in [-0.05, 0) is 29.7 Å². The highest BCUT2D eigenvalue weighted by Crippen LogP contribution is 2.40. The Morgan fingerprint density at radius 2 is 1.92 bits per heavy atom. The third-order valence-electron chi connectivity index (χ3n) is 6.56. The number of imide groups is 1. The number of benzene rings is 2. The molecule has 11 heteroatoms. The number of H-pyrrole nitrogens is 1. The van der Waals surface area contributed by atoms with Gasteiger partial charge in [-0.1, -0.05) is 49.4 Å². The van der Waals surface area contributed by atoms with Gasteiger partial charge < -0.3 is 15.0 Å². The highest BCUT2D eigenvalue weighted by molar-refractivity contribution is 7.80. The third-order valence-corrected chi connectivity index (χ3v) is 6.77. The highest BCUT2D eigenvalue weighted by Gasteiger charge is 2.56. The van der Waals surface area contributed by atoms with Gasteiger partial charge in [-0.25, -0.2) is 14.6 Å². The molecule has 4 rings (SSSR count). The van der Waals surface area contributed by atoms with Crippen LogP contribution in [0, 0.1) is 0 Å². The van der Waals surface area contributed by atoms with E-state index in [-0.39, 0.29) is 18.2 Å². The van der Waals surface area contributed by atoms with Gasteiger partial charge in [0.25, 0.3) is 5.91 Å². The molecule has 0 spiro atoms. The molecule has 0 radical (unpaired) electrons. The maximum Gasteiger partial charge on any atom is 0.328 e. The maximum absolute atomic E-state index is 13.9. The Bertz CT molecular complexity index is 1320. The van der Waals surface area contributed by atoms with Gasteiger partial charge in [0.1, 0.15) is 18.1 Å². The number of urea groups is 1. The molecule has 194 valence electrons. The summed E-state index contributed by atoms with van der Waals surface area (Å²) in [5.41, 5.74) is -0.313. The lowest BCUT2D eigenvalue weighted by Crippen LogP contribution is -2.52.